The van der Waals surface area contributed by atoms with E-state index in [2.05, 4.69) is 4.98 Å². The highest BCUT2D eigenvalue weighted by molar-refractivity contribution is 5.65. The molecular weight excluding hydrogens is 202 g/mol. The third-order valence-corrected chi connectivity index (χ3v) is 2.71. The van der Waals surface area contributed by atoms with Crippen molar-refractivity contribution in [3.63, 3.8) is 0 Å². The van der Waals surface area contributed by atoms with Gasteiger partial charge in [0.2, 0.25) is 0 Å². The first-order valence-corrected chi connectivity index (χ1v) is 5.05. The fraction of sp³-hybridized carbons (Fsp3) is 0.250. The van der Waals surface area contributed by atoms with Gasteiger partial charge in [-0.1, -0.05) is 0 Å². The van der Waals surface area contributed by atoms with Crippen LogP contribution >= 0.6 is 0 Å². The highest BCUT2D eigenvalue weighted by atomic mass is 16.5. The zero-order chi connectivity index (χ0) is 11.7. The van der Waals surface area contributed by atoms with E-state index in [0.29, 0.717) is 11.4 Å². The van der Waals surface area contributed by atoms with Gasteiger partial charge in [-0.3, -0.25) is 0 Å². The summed E-state index contributed by atoms with van der Waals surface area (Å²) < 4.78 is 7.22. The van der Waals surface area contributed by atoms with Crippen LogP contribution < -0.4 is 10.5 Å². The van der Waals surface area contributed by atoms with Gasteiger partial charge >= 0.3 is 0 Å². The van der Waals surface area contributed by atoms with Crippen LogP contribution in [0.3, 0.4) is 0 Å². The summed E-state index contributed by atoms with van der Waals surface area (Å²) in [5.41, 5.74) is 8.52. The summed E-state index contributed by atoms with van der Waals surface area (Å²) in [6.07, 6.45) is 1.85. The Morgan fingerprint density at radius 1 is 1.38 bits per heavy atom. The van der Waals surface area contributed by atoms with E-state index in [1.807, 2.05) is 42.9 Å². The van der Waals surface area contributed by atoms with Crippen LogP contribution in [-0.4, -0.2) is 16.7 Å². The van der Waals surface area contributed by atoms with Crippen LogP contribution in [0.1, 0.15) is 5.69 Å². The lowest BCUT2D eigenvalue weighted by Crippen LogP contribution is -1.97. The minimum atomic E-state index is 0.636. The molecule has 16 heavy (non-hydrogen) atoms. The number of rotatable bonds is 2. The van der Waals surface area contributed by atoms with Crippen molar-refractivity contribution in [2.45, 2.75) is 6.92 Å². The van der Waals surface area contributed by atoms with Crippen molar-refractivity contribution in [3.05, 3.63) is 30.1 Å². The van der Waals surface area contributed by atoms with Crippen molar-refractivity contribution >= 4 is 5.69 Å². The van der Waals surface area contributed by atoms with Gasteiger partial charge in [-0.25, -0.2) is 4.98 Å². The number of benzene rings is 1. The Balaban J connectivity index is 2.52. The Morgan fingerprint density at radius 3 is 2.69 bits per heavy atom. The minimum absolute atomic E-state index is 0.636. The van der Waals surface area contributed by atoms with E-state index in [1.54, 1.807) is 7.11 Å². The second-order valence-corrected chi connectivity index (χ2v) is 3.74. The number of aromatic nitrogens is 2. The van der Waals surface area contributed by atoms with Crippen LogP contribution in [0.2, 0.25) is 0 Å². The lowest BCUT2D eigenvalue weighted by atomic mass is 10.2. The van der Waals surface area contributed by atoms with Gasteiger partial charge in [-0.2, -0.15) is 0 Å². The van der Waals surface area contributed by atoms with Gasteiger partial charge in [-0.05, 0) is 25.1 Å². The largest absolute Gasteiger partial charge is 0.495 e. The average Bonchev–Trinajstić information content (AvgIpc) is 2.61. The van der Waals surface area contributed by atoms with Crippen LogP contribution in [0.25, 0.3) is 11.4 Å². The Hall–Kier alpha value is -1.97. The molecule has 0 aliphatic heterocycles. The van der Waals surface area contributed by atoms with E-state index < -0.39 is 0 Å². The summed E-state index contributed by atoms with van der Waals surface area (Å²) in [4.78, 5) is 4.36. The number of methoxy groups -OCH3 is 1. The van der Waals surface area contributed by atoms with Gasteiger partial charge in [0.1, 0.15) is 11.6 Å². The molecule has 0 aliphatic rings. The molecule has 0 bridgehead atoms. The molecular formula is C12H15N3O. The van der Waals surface area contributed by atoms with E-state index in [4.69, 9.17) is 10.5 Å². The number of hydrogen-bond acceptors (Lipinski definition) is 3. The Kier molecular flexibility index (Phi) is 2.56. The Bertz CT molecular complexity index is 517. The summed E-state index contributed by atoms with van der Waals surface area (Å²) in [5.74, 6) is 1.59. The van der Waals surface area contributed by atoms with E-state index in [1.165, 1.54) is 0 Å². The molecule has 4 heteroatoms. The predicted molar refractivity (Wildman–Crippen MR) is 64.3 cm³/mol. The maximum Gasteiger partial charge on any atom is 0.142 e. The zero-order valence-electron chi connectivity index (χ0n) is 9.69. The number of ether oxygens (including phenoxy) is 1. The first-order valence-electron chi connectivity index (χ1n) is 5.05. The minimum Gasteiger partial charge on any atom is -0.495 e. The van der Waals surface area contributed by atoms with Gasteiger partial charge < -0.3 is 15.0 Å². The molecule has 2 aromatic rings. The number of imidazole rings is 1. The van der Waals surface area contributed by atoms with Crippen molar-refractivity contribution < 1.29 is 4.74 Å². The molecule has 2 N–H and O–H groups in total. The van der Waals surface area contributed by atoms with Gasteiger partial charge in [0.15, 0.2) is 0 Å². The van der Waals surface area contributed by atoms with Crippen molar-refractivity contribution in [2.24, 2.45) is 7.05 Å². The fourth-order valence-corrected chi connectivity index (χ4v) is 1.61. The van der Waals surface area contributed by atoms with Crippen molar-refractivity contribution in [2.75, 3.05) is 12.8 Å². The summed E-state index contributed by atoms with van der Waals surface area (Å²) in [5, 5.41) is 0. The smallest absolute Gasteiger partial charge is 0.142 e. The lowest BCUT2D eigenvalue weighted by Gasteiger charge is -2.08. The van der Waals surface area contributed by atoms with Crippen LogP contribution in [-0.2, 0) is 7.05 Å². The number of anilines is 1. The van der Waals surface area contributed by atoms with E-state index in [0.717, 1.165) is 17.1 Å². The highest BCUT2D eigenvalue weighted by Gasteiger charge is 2.08. The number of aryl methyl sites for hydroxylation is 1. The molecule has 4 nitrogen and oxygen atoms in total. The molecule has 0 spiro atoms. The van der Waals surface area contributed by atoms with E-state index >= 15 is 0 Å². The fourth-order valence-electron chi connectivity index (χ4n) is 1.61. The monoisotopic (exact) mass is 217 g/mol. The van der Waals surface area contributed by atoms with E-state index in [9.17, 15) is 0 Å². The molecule has 1 aromatic carbocycles. The van der Waals surface area contributed by atoms with Gasteiger partial charge in [0, 0.05) is 24.5 Å². The second kappa shape index (κ2) is 3.89. The molecule has 1 aromatic heterocycles. The number of nitrogen functional groups attached to an aromatic ring is 1. The second-order valence-electron chi connectivity index (χ2n) is 3.74. The molecule has 0 amide bonds. The molecule has 0 radical (unpaired) electrons. The zero-order valence-corrected chi connectivity index (χ0v) is 9.69. The van der Waals surface area contributed by atoms with Gasteiger partial charge in [0.05, 0.1) is 12.8 Å². The molecule has 1 heterocycles. The molecule has 0 unspecified atom stereocenters. The molecule has 0 atom stereocenters. The summed E-state index contributed by atoms with van der Waals surface area (Å²) >= 11 is 0. The molecule has 0 saturated heterocycles. The van der Waals surface area contributed by atoms with Crippen molar-refractivity contribution in [3.8, 4) is 17.1 Å². The Morgan fingerprint density at radius 2 is 2.12 bits per heavy atom. The Labute approximate surface area is 94.7 Å². The number of nitrogens with zero attached hydrogens (tertiary/aromatic N) is 2. The molecule has 0 fully saturated rings. The van der Waals surface area contributed by atoms with Crippen LogP contribution in [0, 0.1) is 6.92 Å². The third kappa shape index (κ3) is 1.62. The molecule has 0 saturated carbocycles. The summed E-state index contributed by atoms with van der Waals surface area (Å²) in [6, 6.07) is 5.68. The topological polar surface area (TPSA) is 53.1 Å². The van der Waals surface area contributed by atoms with Crippen LogP contribution in [0.5, 0.6) is 5.75 Å². The quantitative estimate of drug-likeness (QED) is 0.783. The highest BCUT2D eigenvalue weighted by Crippen LogP contribution is 2.28. The maximum absolute atomic E-state index is 5.77. The summed E-state index contributed by atoms with van der Waals surface area (Å²) in [7, 11) is 3.60. The summed E-state index contributed by atoms with van der Waals surface area (Å²) in [6.45, 7) is 2.02. The SMILES string of the molecule is COc1cc(-c2ncc(C)n2C)ccc1N. The predicted octanol–water partition coefficient (Wildman–Crippen LogP) is 1.99. The maximum atomic E-state index is 5.77. The molecule has 2 rings (SSSR count). The van der Waals surface area contributed by atoms with E-state index in [-0.39, 0.29) is 0 Å². The van der Waals surface area contributed by atoms with Crippen molar-refractivity contribution in [1.29, 1.82) is 0 Å². The molecule has 84 valence electrons. The average molecular weight is 217 g/mol. The number of hydrogen-bond donors (Lipinski definition) is 1. The van der Waals surface area contributed by atoms with Crippen LogP contribution in [0.15, 0.2) is 24.4 Å². The first kappa shape index (κ1) is 10.5. The van der Waals surface area contributed by atoms with Gasteiger partial charge in [-0.15, -0.1) is 0 Å². The lowest BCUT2D eigenvalue weighted by molar-refractivity contribution is 0.417. The van der Waals surface area contributed by atoms with Gasteiger partial charge in [0.25, 0.3) is 0 Å². The third-order valence-electron chi connectivity index (χ3n) is 2.71. The van der Waals surface area contributed by atoms with Crippen molar-refractivity contribution in [1.82, 2.24) is 9.55 Å². The molecule has 0 aliphatic carbocycles. The standard InChI is InChI=1S/C12H15N3O/c1-8-7-14-12(15(8)2)9-4-5-10(13)11(6-9)16-3/h4-7H,13H2,1-3H3. The first-order chi connectivity index (χ1) is 7.63. The number of nitrogens with two attached hydrogens (primary N) is 1. The normalized spacial score (nSPS) is 10.4. The van der Waals surface area contributed by atoms with Crippen LogP contribution in [0.4, 0.5) is 5.69 Å².